The maximum Gasteiger partial charge on any atom is 0.0457 e. The molecule has 1 atom stereocenters. The fourth-order valence-corrected chi connectivity index (χ4v) is 4.39. The number of rotatable bonds is 3. The standard InChI is InChI=1S/C22H23N3/c1-3-9-21-18(7-1)17(12-23-21)15-25-11-5-6-16(14-25)20-13-24-22-10-4-2-8-19(20)22/h1-4,7-10,12-13,16,23-24H,5-6,11,14-15H2/t16-/m0/s1. The van der Waals surface area contributed by atoms with Gasteiger partial charge in [-0.05, 0) is 48.6 Å². The summed E-state index contributed by atoms with van der Waals surface area (Å²) >= 11 is 0. The molecule has 0 bridgehead atoms. The first-order valence-electron chi connectivity index (χ1n) is 9.22. The summed E-state index contributed by atoms with van der Waals surface area (Å²) in [5.41, 5.74) is 5.39. The molecule has 1 aliphatic rings. The van der Waals surface area contributed by atoms with Gasteiger partial charge in [0.2, 0.25) is 0 Å². The molecule has 0 amide bonds. The van der Waals surface area contributed by atoms with Gasteiger partial charge in [-0.3, -0.25) is 4.90 Å². The van der Waals surface area contributed by atoms with Crippen LogP contribution in [-0.2, 0) is 6.54 Å². The highest BCUT2D eigenvalue weighted by Gasteiger charge is 2.24. The Labute approximate surface area is 147 Å². The van der Waals surface area contributed by atoms with Crippen molar-refractivity contribution in [1.29, 1.82) is 0 Å². The van der Waals surface area contributed by atoms with Crippen LogP contribution in [0.25, 0.3) is 21.8 Å². The number of likely N-dealkylation sites (tertiary alicyclic amines) is 1. The lowest BCUT2D eigenvalue weighted by atomic mass is 9.90. The van der Waals surface area contributed by atoms with Crippen LogP contribution in [0.15, 0.2) is 60.9 Å². The molecule has 1 fully saturated rings. The van der Waals surface area contributed by atoms with E-state index >= 15 is 0 Å². The van der Waals surface area contributed by atoms with E-state index in [1.807, 2.05) is 0 Å². The number of piperidine rings is 1. The van der Waals surface area contributed by atoms with E-state index in [2.05, 4.69) is 75.8 Å². The van der Waals surface area contributed by atoms with Crippen molar-refractivity contribution in [1.82, 2.24) is 14.9 Å². The summed E-state index contributed by atoms with van der Waals surface area (Å²) < 4.78 is 0. The molecule has 0 radical (unpaired) electrons. The zero-order valence-electron chi connectivity index (χ0n) is 14.3. The summed E-state index contributed by atoms with van der Waals surface area (Å²) in [5.74, 6) is 0.620. The number of benzene rings is 2. The van der Waals surface area contributed by atoms with E-state index in [1.54, 1.807) is 0 Å². The lowest BCUT2D eigenvalue weighted by Crippen LogP contribution is -2.33. The van der Waals surface area contributed by atoms with E-state index in [9.17, 15) is 0 Å². The van der Waals surface area contributed by atoms with Crippen LogP contribution >= 0.6 is 0 Å². The van der Waals surface area contributed by atoms with Gasteiger partial charge in [0.25, 0.3) is 0 Å². The first-order chi connectivity index (χ1) is 12.4. The largest absolute Gasteiger partial charge is 0.361 e. The predicted octanol–water partition coefficient (Wildman–Crippen LogP) is 5.03. The van der Waals surface area contributed by atoms with Crippen LogP contribution in [0.1, 0.15) is 29.9 Å². The van der Waals surface area contributed by atoms with Crippen LogP contribution in [0.2, 0.25) is 0 Å². The fourth-order valence-electron chi connectivity index (χ4n) is 4.39. The first kappa shape index (κ1) is 14.8. The number of nitrogens with one attached hydrogen (secondary N) is 2. The van der Waals surface area contributed by atoms with Crippen molar-refractivity contribution in [3.05, 3.63) is 72.1 Å². The van der Waals surface area contributed by atoms with Crippen LogP contribution in [0.4, 0.5) is 0 Å². The van der Waals surface area contributed by atoms with Crippen LogP contribution < -0.4 is 0 Å². The molecular formula is C22H23N3. The van der Waals surface area contributed by atoms with Gasteiger partial charge >= 0.3 is 0 Å². The highest BCUT2D eigenvalue weighted by atomic mass is 15.1. The van der Waals surface area contributed by atoms with Gasteiger partial charge in [-0.1, -0.05) is 36.4 Å². The third-order valence-electron chi connectivity index (χ3n) is 5.64. The van der Waals surface area contributed by atoms with Crippen molar-refractivity contribution in [2.45, 2.75) is 25.3 Å². The Hall–Kier alpha value is -2.52. The molecule has 3 nitrogen and oxygen atoms in total. The number of nitrogens with zero attached hydrogens (tertiary/aromatic N) is 1. The molecule has 0 saturated carbocycles. The summed E-state index contributed by atoms with van der Waals surface area (Å²) in [7, 11) is 0. The fraction of sp³-hybridized carbons (Fsp3) is 0.273. The van der Waals surface area contributed by atoms with Gasteiger partial charge < -0.3 is 9.97 Å². The van der Waals surface area contributed by atoms with Crippen LogP contribution in [-0.4, -0.2) is 28.0 Å². The van der Waals surface area contributed by atoms with E-state index in [4.69, 9.17) is 0 Å². The van der Waals surface area contributed by atoms with Gasteiger partial charge in [-0.2, -0.15) is 0 Å². The summed E-state index contributed by atoms with van der Waals surface area (Å²) in [6, 6.07) is 17.3. The Morgan fingerprint density at radius 3 is 2.48 bits per heavy atom. The Morgan fingerprint density at radius 1 is 0.880 bits per heavy atom. The summed E-state index contributed by atoms with van der Waals surface area (Å²) in [5, 5.41) is 2.75. The number of aromatic nitrogens is 2. The third kappa shape index (κ3) is 2.65. The predicted molar refractivity (Wildman–Crippen MR) is 104 cm³/mol. The molecule has 3 heterocycles. The van der Waals surface area contributed by atoms with Gasteiger partial charge in [0.1, 0.15) is 0 Å². The molecule has 0 spiro atoms. The molecule has 3 heteroatoms. The number of hydrogen-bond acceptors (Lipinski definition) is 1. The zero-order chi connectivity index (χ0) is 16.6. The molecule has 0 aliphatic carbocycles. The number of hydrogen-bond donors (Lipinski definition) is 2. The van der Waals surface area contributed by atoms with E-state index in [0.29, 0.717) is 5.92 Å². The molecule has 4 aromatic rings. The molecule has 2 aromatic heterocycles. The quantitative estimate of drug-likeness (QED) is 0.543. The number of fused-ring (bicyclic) bond motifs is 2. The highest BCUT2D eigenvalue weighted by molar-refractivity contribution is 5.84. The average Bonchev–Trinajstić information content (AvgIpc) is 3.27. The Balaban J connectivity index is 1.39. The Bertz CT molecular complexity index is 1010. The zero-order valence-corrected chi connectivity index (χ0v) is 14.3. The van der Waals surface area contributed by atoms with E-state index in [0.717, 1.165) is 13.1 Å². The van der Waals surface area contributed by atoms with Crippen molar-refractivity contribution in [3.8, 4) is 0 Å². The van der Waals surface area contributed by atoms with Gasteiger partial charge in [0.05, 0.1) is 0 Å². The summed E-state index contributed by atoms with van der Waals surface area (Å²) in [6.07, 6.45) is 6.96. The molecule has 0 unspecified atom stereocenters. The van der Waals surface area contributed by atoms with Crippen molar-refractivity contribution >= 4 is 21.8 Å². The van der Waals surface area contributed by atoms with E-state index in [-0.39, 0.29) is 0 Å². The van der Waals surface area contributed by atoms with Crippen molar-refractivity contribution in [3.63, 3.8) is 0 Å². The smallest absolute Gasteiger partial charge is 0.0457 e. The monoisotopic (exact) mass is 329 g/mol. The Kier molecular flexibility index (Phi) is 3.60. The molecule has 2 aromatic carbocycles. The lowest BCUT2D eigenvalue weighted by molar-refractivity contribution is 0.201. The number of aromatic amines is 2. The minimum absolute atomic E-state index is 0.620. The molecule has 25 heavy (non-hydrogen) atoms. The van der Waals surface area contributed by atoms with Crippen LogP contribution in [0.3, 0.4) is 0 Å². The van der Waals surface area contributed by atoms with Crippen molar-refractivity contribution < 1.29 is 0 Å². The molecule has 126 valence electrons. The maximum absolute atomic E-state index is 3.45. The third-order valence-corrected chi connectivity index (χ3v) is 5.64. The topological polar surface area (TPSA) is 34.8 Å². The first-order valence-corrected chi connectivity index (χ1v) is 9.22. The molecule has 2 N–H and O–H groups in total. The molecule has 5 rings (SSSR count). The lowest BCUT2D eigenvalue weighted by Gasteiger charge is -2.32. The van der Waals surface area contributed by atoms with Gasteiger partial charge in [-0.15, -0.1) is 0 Å². The molecule has 1 saturated heterocycles. The van der Waals surface area contributed by atoms with Crippen molar-refractivity contribution in [2.75, 3.05) is 13.1 Å². The Morgan fingerprint density at radius 2 is 1.60 bits per heavy atom. The van der Waals surface area contributed by atoms with Gasteiger partial charge in [0.15, 0.2) is 0 Å². The van der Waals surface area contributed by atoms with Gasteiger partial charge in [0, 0.05) is 47.3 Å². The minimum Gasteiger partial charge on any atom is -0.361 e. The minimum atomic E-state index is 0.620. The van der Waals surface area contributed by atoms with Crippen LogP contribution in [0.5, 0.6) is 0 Å². The van der Waals surface area contributed by atoms with Crippen molar-refractivity contribution in [2.24, 2.45) is 0 Å². The normalized spacial score (nSPS) is 19.0. The van der Waals surface area contributed by atoms with E-state index in [1.165, 1.54) is 52.3 Å². The highest BCUT2D eigenvalue weighted by Crippen LogP contribution is 2.33. The SMILES string of the molecule is c1ccc2c(CN3CCC[C@H](c4c[nH]c5ccccc45)C3)c[nH]c2c1. The summed E-state index contributed by atoms with van der Waals surface area (Å²) in [4.78, 5) is 9.47. The summed E-state index contributed by atoms with van der Waals surface area (Å²) in [6.45, 7) is 3.36. The second-order valence-corrected chi connectivity index (χ2v) is 7.22. The second kappa shape index (κ2) is 6.08. The number of H-pyrrole nitrogens is 2. The van der Waals surface area contributed by atoms with Gasteiger partial charge in [-0.25, -0.2) is 0 Å². The van der Waals surface area contributed by atoms with Crippen LogP contribution in [0, 0.1) is 0 Å². The number of para-hydroxylation sites is 2. The second-order valence-electron chi connectivity index (χ2n) is 7.22. The molecule has 1 aliphatic heterocycles. The maximum atomic E-state index is 3.45. The average molecular weight is 329 g/mol. The molecular weight excluding hydrogens is 306 g/mol. The van der Waals surface area contributed by atoms with E-state index < -0.39 is 0 Å².